The predicted molar refractivity (Wildman–Crippen MR) is 67.9 cm³/mol. The highest BCUT2D eigenvalue weighted by Crippen LogP contribution is 2.24. The summed E-state index contributed by atoms with van der Waals surface area (Å²) in [4.78, 5) is 12.1. The fraction of sp³-hybridized carbons (Fsp3) is 0.692. The highest BCUT2D eigenvalue weighted by molar-refractivity contribution is 5.80. The number of rotatable bonds is 4. The Labute approximate surface area is 107 Å². The zero-order valence-corrected chi connectivity index (χ0v) is 10.7. The molecule has 0 radical (unpaired) electrons. The van der Waals surface area contributed by atoms with Crippen LogP contribution in [0.15, 0.2) is 18.5 Å². The Balaban J connectivity index is 1.93. The highest BCUT2D eigenvalue weighted by atomic mass is 16.3. The minimum atomic E-state index is -0.304. The lowest BCUT2D eigenvalue weighted by Gasteiger charge is -2.31. The predicted octanol–water partition coefficient (Wildman–Crippen LogP) is 1.11. The van der Waals surface area contributed by atoms with Gasteiger partial charge in [0.05, 0.1) is 0 Å². The zero-order chi connectivity index (χ0) is 13.0. The van der Waals surface area contributed by atoms with Crippen LogP contribution in [0.5, 0.6) is 0 Å². The molecule has 2 N–H and O–H groups in total. The van der Waals surface area contributed by atoms with Crippen LogP contribution >= 0.6 is 0 Å². The van der Waals surface area contributed by atoms with Gasteiger partial charge in [0.25, 0.3) is 0 Å². The molecule has 18 heavy (non-hydrogen) atoms. The van der Waals surface area contributed by atoms with Gasteiger partial charge in [-0.2, -0.15) is 5.10 Å². The van der Waals surface area contributed by atoms with E-state index in [1.807, 2.05) is 6.92 Å². The molecule has 0 saturated heterocycles. The van der Waals surface area contributed by atoms with Crippen molar-refractivity contribution in [2.24, 2.45) is 5.92 Å². The molecule has 0 aliphatic heterocycles. The maximum Gasteiger partial charge on any atom is 0.244 e. The van der Waals surface area contributed by atoms with Crippen LogP contribution in [0.1, 0.15) is 38.6 Å². The van der Waals surface area contributed by atoms with E-state index in [9.17, 15) is 9.90 Å². The number of nitrogens with zero attached hydrogens (tertiary/aromatic N) is 2. The standard InChI is InChI=1S/C13H21N3O2/c1-10(16-8-4-7-14-16)13(18)15-12-6-3-2-5-11(12)9-17/h4,7-8,10-12,17H,2-3,5-6,9H2,1H3,(H,15,18). The van der Waals surface area contributed by atoms with Crippen molar-refractivity contribution in [3.05, 3.63) is 18.5 Å². The highest BCUT2D eigenvalue weighted by Gasteiger charge is 2.27. The summed E-state index contributed by atoms with van der Waals surface area (Å²) in [5.74, 6) is 0.177. The second-order valence-corrected chi connectivity index (χ2v) is 5.00. The van der Waals surface area contributed by atoms with Gasteiger partial charge in [0.2, 0.25) is 5.91 Å². The Bertz CT molecular complexity index is 378. The normalized spacial score (nSPS) is 25.7. The molecule has 2 rings (SSSR count). The first-order chi connectivity index (χ1) is 8.72. The van der Waals surface area contributed by atoms with E-state index in [2.05, 4.69) is 10.4 Å². The topological polar surface area (TPSA) is 67.2 Å². The van der Waals surface area contributed by atoms with Crippen molar-refractivity contribution in [2.75, 3.05) is 6.61 Å². The van der Waals surface area contributed by atoms with Crippen molar-refractivity contribution < 1.29 is 9.90 Å². The number of nitrogens with one attached hydrogen (secondary N) is 1. The van der Waals surface area contributed by atoms with Gasteiger partial charge >= 0.3 is 0 Å². The Morgan fingerprint density at radius 3 is 3.00 bits per heavy atom. The number of carbonyl (C=O) groups excluding carboxylic acids is 1. The third kappa shape index (κ3) is 2.90. The molecule has 3 atom stereocenters. The van der Waals surface area contributed by atoms with Crippen LogP contribution in [0, 0.1) is 5.92 Å². The van der Waals surface area contributed by atoms with E-state index in [-0.39, 0.29) is 30.5 Å². The summed E-state index contributed by atoms with van der Waals surface area (Å²) in [6, 6.07) is 1.61. The van der Waals surface area contributed by atoms with Gasteiger partial charge in [-0.05, 0) is 25.8 Å². The smallest absolute Gasteiger partial charge is 0.244 e. The summed E-state index contributed by atoms with van der Waals surface area (Å²) in [6.45, 7) is 1.99. The number of aliphatic hydroxyl groups is 1. The Morgan fingerprint density at radius 2 is 2.33 bits per heavy atom. The quantitative estimate of drug-likeness (QED) is 0.842. The van der Waals surface area contributed by atoms with E-state index >= 15 is 0 Å². The molecule has 0 spiro atoms. The summed E-state index contributed by atoms with van der Waals surface area (Å²) in [5, 5.41) is 16.5. The maximum absolute atomic E-state index is 12.1. The van der Waals surface area contributed by atoms with Gasteiger partial charge in [-0.15, -0.1) is 0 Å². The molecule has 1 aliphatic rings. The molecule has 0 aromatic carbocycles. The van der Waals surface area contributed by atoms with Crippen molar-refractivity contribution in [1.82, 2.24) is 15.1 Å². The summed E-state index contributed by atoms with van der Waals surface area (Å²) in [7, 11) is 0. The van der Waals surface area contributed by atoms with Crippen LogP contribution in [-0.2, 0) is 4.79 Å². The molecule has 0 bridgehead atoms. The van der Waals surface area contributed by atoms with Crippen LogP contribution in [0.2, 0.25) is 0 Å². The van der Waals surface area contributed by atoms with Gasteiger partial charge in [-0.3, -0.25) is 9.48 Å². The van der Waals surface area contributed by atoms with E-state index < -0.39 is 0 Å². The lowest BCUT2D eigenvalue weighted by atomic mass is 9.85. The second-order valence-electron chi connectivity index (χ2n) is 5.00. The fourth-order valence-electron chi connectivity index (χ4n) is 2.55. The summed E-state index contributed by atoms with van der Waals surface area (Å²) >= 11 is 0. The first-order valence-electron chi connectivity index (χ1n) is 6.62. The van der Waals surface area contributed by atoms with E-state index in [0.29, 0.717) is 0 Å². The summed E-state index contributed by atoms with van der Waals surface area (Å²) < 4.78 is 1.64. The van der Waals surface area contributed by atoms with E-state index in [0.717, 1.165) is 25.7 Å². The number of amides is 1. The number of aromatic nitrogens is 2. The molecule has 1 aromatic heterocycles. The lowest BCUT2D eigenvalue weighted by Crippen LogP contribution is -2.45. The van der Waals surface area contributed by atoms with Gasteiger partial charge in [-0.1, -0.05) is 12.8 Å². The van der Waals surface area contributed by atoms with E-state index in [4.69, 9.17) is 0 Å². The molecule has 3 unspecified atom stereocenters. The Morgan fingerprint density at radius 1 is 1.56 bits per heavy atom. The molecule has 5 nitrogen and oxygen atoms in total. The fourth-order valence-corrected chi connectivity index (χ4v) is 2.55. The largest absolute Gasteiger partial charge is 0.396 e. The SMILES string of the molecule is CC(C(=O)NC1CCCCC1CO)n1cccn1. The van der Waals surface area contributed by atoms with Gasteiger partial charge in [0, 0.05) is 31.0 Å². The van der Waals surface area contributed by atoms with Crippen molar-refractivity contribution in [1.29, 1.82) is 0 Å². The van der Waals surface area contributed by atoms with Crippen LogP contribution in [-0.4, -0.2) is 33.4 Å². The molecule has 1 aromatic rings. The van der Waals surface area contributed by atoms with Crippen LogP contribution in [0.4, 0.5) is 0 Å². The van der Waals surface area contributed by atoms with Crippen molar-refractivity contribution in [3.8, 4) is 0 Å². The van der Waals surface area contributed by atoms with Gasteiger partial charge in [0.1, 0.15) is 6.04 Å². The third-order valence-corrected chi connectivity index (χ3v) is 3.77. The van der Waals surface area contributed by atoms with Crippen molar-refractivity contribution >= 4 is 5.91 Å². The second kappa shape index (κ2) is 6.00. The molecule has 1 amide bonds. The monoisotopic (exact) mass is 251 g/mol. The molecule has 100 valence electrons. The summed E-state index contributed by atoms with van der Waals surface area (Å²) in [5.41, 5.74) is 0. The molecule has 1 fully saturated rings. The Kier molecular flexibility index (Phi) is 4.36. The van der Waals surface area contributed by atoms with Crippen molar-refractivity contribution in [3.63, 3.8) is 0 Å². The zero-order valence-electron chi connectivity index (χ0n) is 10.7. The minimum absolute atomic E-state index is 0.0240. The first-order valence-corrected chi connectivity index (χ1v) is 6.62. The molecular weight excluding hydrogens is 230 g/mol. The lowest BCUT2D eigenvalue weighted by molar-refractivity contribution is -0.125. The molecule has 5 heteroatoms. The number of hydrogen-bond donors (Lipinski definition) is 2. The third-order valence-electron chi connectivity index (χ3n) is 3.77. The number of aliphatic hydroxyl groups excluding tert-OH is 1. The minimum Gasteiger partial charge on any atom is -0.396 e. The maximum atomic E-state index is 12.1. The van der Waals surface area contributed by atoms with Gasteiger partial charge in [0.15, 0.2) is 0 Å². The van der Waals surface area contributed by atoms with Crippen LogP contribution in [0.25, 0.3) is 0 Å². The molecule has 1 heterocycles. The Hall–Kier alpha value is -1.36. The first kappa shape index (κ1) is 13.1. The molecule has 1 saturated carbocycles. The summed E-state index contributed by atoms with van der Waals surface area (Å²) in [6.07, 6.45) is 7.68. The van der Waals surface area contributed by atoms with Crippen molar-refractivity contribution in [2.45, 2.75) is 44.7 Å². The van der Waals surface area contributed by atoms with E-state index in [1.165, 1.54) is 0 Å². The van der Waals surface area contributed by atoms with Crippen LogP contribution in [0.3, 0.4) is 0 Å². The van der Waals surface area contributed by atoms with E-state index in [1.54, 1.807) is 23.1 Å². The van der Waals surface area contributed by atoms with Crippen LogP contribution < -0.4 is 5.32 Å². The number of carbonyl (C=O) groups is 1. The van der Waals surface area contributed by atoms with Gasteiger partial charge in [-0.25, -0.2) is 0 Å². The van der Waals surface area contributed by atoms with Gasteiger partial charge < -0.3 is 10.4 Å². The molecular formula is C13H21N3O2. The average Bonchev–Trinajstić information content (AvgIpc) is 2.92. The average molecular weight is 251 g/mol. The molecule has 1 aliphatic carbocycles. The number of hydrogen-bond acceptors (Lipinski definition) is 3.